The number of hydrogen-bond donors (Lipinski definition) is 2. The fourth-order valence-corrected chi connectivity index (χ4v) is 3.66. The Morgan fingerprint density at radius 3 is 2.27 bits per heavy atom. The first-order valence-electron chi connectivity index (χ1n) is 7.91. The Bertz CT molecular complexity index is 853. The molecule has 26 heavy (non-hydrogen) atoms. The van der Waals surface area contributed by atoms with Gasteiger partial charge in [0.1, 0.15) is 6.04 Å². The first-order valence-corrected chi connectivity index (χ1v) is 9.39. The third kappa shape index (κ3) is 4.74. The lowest BCUT2D eigenvalue weighted by molar-refractivity contribution is -0.122. The molecule has 0 saturated carbocycles. The van der Waals surface area contributed by atoms with E-state index in [1.165, 1.54) is 39.5 Å². The van der Waals surface area contributed by atoms with Gasteiger partial charge in [-0.15, -0.1) is 0 Å². The smallest absolute Gasteiger partial charge is 0.241 e. The molecule has 0 saturated heterocycles. The predicted octanol–water partition coefficient (Wildman–Crippen LogP) is 1.34. The maximum atomic E-state index is 12.7. The van der Waals surface area contributed by atoms with Crippen LogP contribution in [0.3, 0.4) is 0 Å². The van der Waals surface area contributed by atoms with Gasteiger partial charge in [-0.3, -0.25) is 4.79 Å². The number of rotatable bonds is 8. The molecule has 0 radical (unpaired) electrons. The molecule has 0 aliphatic heterocycles. The lowest BCUT2D eigenvalue weighted by Crippen LogP contribution is -2.46. The number of amides is 1. The number of carbonyl (C=O) groups excluding carboxylic acids is 1. The predicted molar refractivity (Wildman–Crippen MR) is 97.9 cm³/mol. The summed E-state index contributed by atoms with van der Waals surface area (Å²) < 4.78 is 38.2. The standard InChI is InChI=1S/C18H22N2O5S/c1-19-18(21)15(11-13-7-5-4-6-8-13)20-26(22,23)14-9-10-16(24-2)17(12-14)25-3/h4-10,12,15,20H,11H2,1-3H3,(H,19,21)/t15-/m0/s1. The van der Waals surface area contributed by atoms with E-state index in [-0.39, 0.29) is 17.1 Å². The average Bonchev–Trinajstić information content (AvgIpc) is 2.66. The SMILES string of the molecule is CNC(=O)[C@H](Cc1ccccc1)NS(=O)(=O)c1ccc(OC)c(OC)c1. The number of carbonyl (C=O) groups is 1. The van der Waals surface area contributed by atoms with E-state index < -0.39 is 22.0 Å². The van der Waals surface area contributed by atoms with Crippen LogP contribution in [0.25, 0.3) is 0 Å². The van der Waals surface area contributed by atoms with E-state index in [1.54, 1.807) is 0 Å². The number of benzene rings is 2. The van der Waals surface area contributed by atoms with Crippen molar-refractivity contribution in [1.29, 1.82) is 0 Å². The molecule has 8 heteroatoms. The number of hydrogen-bond acceptors (Lipinski definition) is 5. The Labute approximate surface area is 153 Å². The van der Waals surface area contributed by atoms with E-state index in [2.05, 4.69) is 10.0 Å². The van der Waals surface area contributed by atoms with Crippen LogP contribution in [-0.4, -0.2) is 41.6 Å². The minimum Gasteiger partial charge on any atom is -0.493 e. The number of nitrogens with one attached hydrogen (secondary N) is 2. The first kappa shape index (κ1) is 19.7. The summed E-state index contributed by atoms with van der Waals surface area (Å²) in [4.78, 5) is 12.1. The molecule has 7 nitrogen and oxygen atoms in total. The van der Waals surface area contributed by atoms with Gasteiger partial charge in [0.25, 0.3) is 0 Å². The highest BCUT2D eigenvalue weighted by Gasteiger charge is 2.26. The largest absolute Gasteiger partial charge is 0.493 e. The van der Waals surface area contributed by atoms with Crippen molar-refractivity contribution in [1.82, 2.24) is 10.0 Å². The first-order chi connectivity index (χ1) is 12.4. The third-order valence-corrected chi connectivity index (χ3v) is 5.28. The summed E-state index contributed by atoms with van der Waals surface area (Å²) in [5, 5.41) is 2.49. The third-order valence-electron chi connectivity index (χ3n) is 3.81. The van der Waals surface area contributed by atoms with Crippen molar-refractivity contribution in [3.63, 3.8) is 0 Å². The zero-order valence-electron chi connectivity index (χ0n) is 14.9. The van der Waals surface area contributed by atoms with Gasteiger partial charge < -0.3 is 14.8 Å². The van der Waals surface area contributed by atoms with Crippen LogP contribution in [0.15, 0.2) is 53.4 Å². The van der Waals surface area contributed by atoms with Crippen LogP contribution in [0.4, 0.5) is 0 Å². The minimum absolute atomic E-state index is 0.0166. The Balaban J connectivity index is 2.29. The van der Waals surface area contributed by atoms with Gasteiger partial charge in [0.2, 0.25) is 15.9 Å². The topological polar surface area (TPSA) is 93.7 Å². The van der Waals surface area contributed by atoms with Crippen molar-refractivity contribution in [3.8, 4) is 11.5 Å². The van der Waals surface area contributed by atoms with E-state index in [0.29, 0.717) is 5.75 Å². The second kappa shape index (κ2) is 8.68. The molecule has 0 aliphatic carbocycles. The van der Waals surface area contributed by atoms with E-state index in [0.717, 1.165) is 5.56 Å². The summed E-state index contributed by atoms with van der Waals surface area (Å²) in [6, 6.07) is 12.5. The summed E-state index contributed by atoms with van der Waals surface area (Å²) in [7, 11) is 0.410. The van der Waals surface area contributed by atoms with Gasteiger partial charge in [0.05, 0.1) is 19.1 Å². The highest BCUT2D eigenvalue weighted by atomic mass is 32.2. The van der Waals surface area contributed by atoms with Crippen molar-refractivity contribution in [2.75, 3.05) is 21.3 Å². The molecule has 1 amide bonds. The van der Waals surface area contributed by atoms with Crippen molar-refractivity contribution in [3.05, 3.63) is 54.1 Å². The highest BCUT2D eigenvalue weighted by Crippen LogP contribution is 2.29. The van der Waals surface area contributed by atoms with Gasteiger partial charge in [-0.2, -0.15) is 4.72 Å². The second-order valence-electron chi connectivity index (χ2n) is 5.49. The highest BCUT2D eigenvalue weighted by molar-refractivity contribution is 7.89. The van der Waals surface area contributed by atoms with Crippen LogP contribution in [0.2, 0.25) is 0 Å². The number of sulfonamides is 1. The molecule has 2 aromatic rings. The van der Waals surface area contributed by atoms with Crippen molar-refractivity contribution >= 4 is 15.9 Å². The van der Waals surface area contributed by atoms with Crippen LogP contribution in [0.5, 0.6) is 11.5 Å². The molecule has 140 valence electrons. The van der Waals surface area contributed by atoms with Crippen LogP contribution in [0, 0.1) is 0 Å². The van der Waals surface area contributed by atoms with E-state index >= 15 is 0 Å². The van der Waals surface area contributed by atoms with Gasteiger partial charge in [-0.1, -0.05) is 30.3 Å². The Morgan fingerprint density at radius 2 is 1.69 bits per heavy atom. The Hall–Kier alpha value is -2.58. The molecule has 2 N–H and O–H groups in total. The molecular weight excluding hydrogens is 356 g/mol. The summed E-state index contributed by atoms with van der Waals surface area (Å²) >= 11 is 0. The molecule has 1 atom stereocenters. The van der Waals surface area contributed by atoms with Crippen LogP contribution in [0.1, 0.15) is 5.56 Å². The normalized spacial score (nSPS) is 12.3. The van der Waals surface area contributed by atoms with Crippen molar-refractivity contribution < 1.29 is 22.7 Å². The molecule has 0 heterocycles. The van der Waals surface area contributed by atoms with E-state index in [9.17, 15) is 13.2 Å². The number of likely N-dealkylation sites (N-methyl/N-ethyl adjacent to an activating group) is 1. The van der Waals surface area contributed by atoms with Gasteiger partial charge in [0.15, 0.2) is 11.5 Å². The van der Waals surface area contributed by atoms with Gasteiger partial charge in [0, 0.05) is 13.1 Å². The fourth-order valence-electron chi connectivity index (χ4n) is 2.45. The summed E-state index contributed by atoms with van der Waals surface area (Å²) in [6.07, 6.45) is 0.229. The van der Waals surface area contributed by atoms with Crippen molar-refractivity contribution in [2.45, 2.75) is 17.4 Å². The zero-order chi connectivity index (χ0) is 19.2. The average molecular weight is 378 g/mol. The summed E-state index contributed by atoms with van der Waals surface area (Å²) in [5.41, 5.74) is 0.844. The Kier molecular flexibility index (Phi) is 6.59. The van der Waals surface area contributed by atoms with Gasteiger partial charge in [-0.05, 0) is 24.1 Å². The van der Waals surface area contributed by atoms with E-state index in [4.69, 9.17) is 9.47 Å². The minimum atomic E-state index is -3.94. The maximum Gasteiger partial charge on any atom is 0.241 e. The molecule has 2 aromatic carbocycles. The zero-order valence-corrected chi connectivity index (χ0v) is 15.7. The molecule has 0 aliphatic rings. The summed E-state index contributed by atoms with van der Waals surface area (Å²) in [5.74, 6) is 0.284. The lowest BCUT2D eigenvalue weighted by atomic mass is 10.1. The maximum absolute atomic E-state index is 12.7. The lowest BCUT2D eigenvalue weighted by Gasteiger charge is -2.18. The molecule has 0 spiro atoms. The molecule has 0 aromatic heterocycles. The summed E-state index contributed by atoms with van der Waals surface area (Å²) in [6.45, 7) is 0. The van der Waals surface area contributed by atoms with Gasteiger partial charge in [-0.25, -0.2) is 8.42 Å². The van der Waals surface area contributed by atoms with Crippen LogP contribution >= 0.6 is 0 Å². The fraction of sp³-hybridized carbons (Fsp3) is 0.278. The number of methoxy groups -OCH3 is 2. The molecule has 0 fully saturated rings. The number of ether oxygens (including phenoxy) is 2. The molecule has 0 bridgehead atoms. The van der Waals surface area contributed by atoms with E-state index in [1.807, 2.05) is 30.3 Å². The van der Waals surface area contributed by atoms with Crippen molar-refractivity contribution in [2.24, 2.45) is 0 Å². The second-order valence-corrected chi connectivity index (χ2v) is 7.21. The molecular formula is C18H22N2O5S. The van der Waals surface area contributed by atoms with Crippen LogP contribution in [-0.2, 0) is 21.2 Å². The molecule has 0 unspecified atom stereocenters. The molecule has 2 rings (SSSR count). The quantitative estimate of drug-likeness (QED) is 0.723. The van der Waals surface area contributed by atoms with Crippen LogP contribution < -0.4 is 19.5 Å². The Morgan fingerprint density at radius 1 is 1.04 bits per heavy atom. The van der Waals surface area contributed by atoms with Gasteiger partial charge >= 0.3 is 0 Å². The monoisotopic (exact) mass is 378 g/mol.